The van der Waals surface area contributed by atoms with Crippen LogP contribution in [-0.4, -0.2) is 41.5 Å². The number of aliphatic hydroxyl groups excluding tert-OH is 1. The van der Waals surface area contributed by atoms with Gasteiger partial charge in [0.05, 0.1) is 18.6 Å². The molecule has 0 aliphatic carbocycles. The van der Waals surface area contributed by atoms with E-state index in [4.69, 9.17) is 5.11 Å². The van der Waals surface area contributed by atoms with Crippen molar-refractivity contribution < 1.29 is 24.5 Å². The summed E-state index contributed by atoms with van der Waals surface area (Å²) in [5, 5.41) is 11.8. The van der Waals surface area contributed by atoms with E-state index in [1.165, 1.54) is 6.20 Å². The minimum atomic E-state index is -9.72. The molecule has 0 bridgehead atoms. The van der Waals surface area contributed by atoms with Crippen LogP contribution in [0.1, 0.15) is 0 Å². The topological polar surface area (TPSA) is 60.8 Å². The van der Waals surface area contributed by atoms with Crippen molar-refractivity contribution in [2.45, 2.75) is 4.90 Å². The largest absolute Gasteiger partial charge is 0.395 e. The smallest absolute Gasteiger partial charge is 0.310 e. The number of halogens is 5. The van der Waals surface area contributed by atoms with Gasteiger partial charge in [0, 0.05) is 31.0 Å². The van der Waals surface area contributed by atoms with Gasteiger partial charge in [-0.3, -0.25) is 0 Å². The molecule has 0 aliphatic rings. The summed E-state index contributed by atoms with van der Waals surface area (Å²) >= 11 is 0. The van der Waals surface area contributed by atoms with Crippen LogP contribution in [-0.2, 0) is 0 Å². The number of aliphatic hydroxyl groups is 1. The van der Waals surface area contributed by atoms with Gasteiger partial charge in [0.15, 0.2) is 0 Å². The third kappa shape index (κ3) is 6.17. The molecule has 0 spiro atoms. The van der Waals surface area contributed by atoms with Crippen LogP contribution in [0.5, 0.6) is 0 Å². The van der Waals surface area contributed by atoms with E-state index in [2.05, 4.69) is 15.3 Å². The Morgan fingerprint density at radius 3 is 2.25 bits per heavy atom. The molecular weight excluding hydrogens is 451 g/mol. The highest BCUT2D eigenvalue weighted by molar-refractivity contribution is 8.45. The first-order chi connectivity index (χ1) is 14.9. The number of hydrogen-bond donors (Lipinski definition) is 2. The number of benzene rings is 2. The molecule has 32 heavy (non-hydrogen) atoms. The van der Waals surface area contributed by atoms with Crippen molar-refractivity contribution in [3.63, 3.8) is 0 Å². The van der Waals surface area contributed by atoms with Gasteiger partial charge in [-0.05, 0) is 54.1 Å². The van der Waals surface area contributed by atoms with Gasteiger partial charge in [-0.25, -0.2) is 9.98 Å². The maximum atomic E-state index is 12.9. The monoisotopic (exact) mass is 472 g/mol. The lowest BCUT2D eigenvalue weighted by Gasteiger charge is -2.40. The molecule has 0 fully saturated rings. The number of aliphatic imine (C=N–C) groups is 1. The van der Waals surface area contributed by atoms with E-state index in [1.54, 1.807) is 54.7 Å². The maximum Gasteiger partial charge on any atom is 0.310 e. The summed E-state index contributed by atoms with van der Waals surface area (Å²) in [5.41, 5.74) is 2.30. The van der Waals surface area contributed by atoms with Gasteiger partial charge >= 0.3 is 10.2 Å². The second-order valence-corrected chi connectivity index (χ2v) is 9.42. The van der Waals surface area contributed by atoms with E-state index in [0.717, 1.165) is 17.7 Å². The first-order valence-electron chi connectivity index (χ1n) is 9.38. The lowest BCUT2D eigenvalue weighted by atomic mass is 10.1. The van der Waals surface area contributed by atoms with Crippen molar-refractivity contribution in [1.29, 1.82) is 0 Å². The summed E-state index contributed by atoms with van der Waals surface area (Å²) in [6.07, 6.45) is 3.10. The number of pyridine rings is 1. The highest BCUT2D eigenvalue weighted by Gasteiger charge is 2.65. The molecule has 2 aromatic carbocycles. The maximum absolute atomic E-state index is 12.9. The molecule has 0 aliphatic heterocycles. The Kier molecular flexibility index (Phi) is 5.92. The fraction of sp³-hybridized carbons (Fsp3) is 0.143. The number of rotatable bonds is 8. The van der Waals surface area contributed by atoms with Gasteiger partial charge in [0.1, 0.15) is 10.7 Å². The number of likely N-dealkylation sites (N-methyl/N-ethyl adjacent to an activating group) is 1. The Morgan fingerprint density at radius 2 is 1.66 bits per heavy atom. The molecule has 0 unspecified atom stereocenters. The number of nitrogens with zero attached hydrogens (tertiary/aromatic N) is 3. The summed E-state index contributed by atoms with van der Waals surface area (Å²) in [4.78, 5) is 8.30. The highest BCUT2D eigenvalue weighted by atomic mass is 32.5. The lowest BCUT2D eigenvalue weighted by Crippen LogP contribution is -2.19. The lowest BCUT2D eigenvalue weighted by molar-refractivity contribution is 0.266. The molecule has 0 saturated carbocycles. The number of nitrogens with one attached hydrogen (secondary N) is 1. The Hall–Kier alpha value is -3.18. The molecule has 0 radical (unpaired) electrons. The van der Waals surface area contributed by atoms with Gasteiger partial charge in [-0.15, -0.1) is 0 Å². The van der Waals surface area contributed by atoms with Crippen molar-refractivity contribution >= 4 is 33.8 Å². The van der Waals surface area contributed by atoms with E-state index in [9.17, 15) is 19.4 Å². The van der Waals surface area contributed by atoms with Crippen molar-refractivity contribution in [2.24, 2.45) is 4.99 Å². The molecule has 0 atom stereocenters. The van der Waals surface area contributed by atoms with E-state index in [1.807, 2.05) is 0 Å². The predicted octanol–water partition coefficient (Wildman–Crippen LogP) is 6.73. The van der Waals surface area contributed by atoms with Crippen LogP contribution in [0.4, 0.5) is 36.6 Å². The molecule has 5 nitrogen and oxygen atoms in total. The first-order valence-corrected chi connectivity index (χ1v) is 11.3. The second kappa shape index (κ2) is 8.06. The SMILES string of the molecule is CN(C=Nc1ccc(-c2cccnc2Nc2ccc(S(F)(F)(F)(F)F)cc2)cc1)CCO. The molecule has 0 saturated heterocycles. The van der Waals surface area contributed by atoms with Crippen LogP contribution in [0.15, 0.2) is 76.7 Å². The normalized spacial score (nSPS) is 14.1. The molecule has 2 N–H and O–H groups in total. The van der Waals surface area contributed by atoms with Gasteiger partial charge in [-0.2, -0.15) is 0 Å². The molecule has 11 heteroatoms. The van der Waals surface area contributed by atoms with Crippen molar-refractivity contribution in [3.8, 4) is 11.1 Å². The Bertz CT molecular complexity index is 1100. The average molecular weight is 472 g/mol. The van der Waals surface area contributed by atoms with Gasteiger partial charge < -0.3 is 15.3 Å². The summed E-state index contributed by atoms with van der Waals surface area (Å²) < 4.78 is 64.5. The summed E-state index contributed by atoms with van der Waals surface area (Å²) in [6.45, 7) is 0.469. The van der Waals surface area contributed by atoms with Gasteiger partial charge in [0.25, 0.3) is 0 Å². The number of anilines is 2. The zero-order valence-electron chi connectivity index (χ0n) is 16.9. The van der Waals surface area contributed by atoms with Crippen LogP contribution in [0.25, 0.3) is 11.1 Å². The predicted molar refractivity (Wildman–Crippen MR) is 119 cm³/mol. The quantitative estimate of drug-likeness (QED) is 0.217. The highest BCUT2D eigenvalue weighted by Crippen LogP contribution is 3.02. The molecular formula is C21H21F5N4OS. The summed E-state index contributed by atoms with van der Waals surface area (Å²) in [7, 11) is -7.93. The molecule has 1 heterocycles. The zero-order chi connectivity index (χ0) is 23.5. The van der Waals surface area contributed by atoms with Crippen LogP contribution < -0.4 is 5.32 Å². The minimum Gasteiger partial charge on any atom is -0.395 e. The van der Waals surface area contributed by atoms with E-state index >= 15 is 0 Å². The molecule has 3 aromatic rings. The molecule has 1 aromatic heterocycles. The number of hydrogen-bond acceptors (Lipinski definition) is 4. The van der Waals surface area contributed by atoms with E-state index in [-0.39, 0.29) is 12.3 Å². The Morgan fingerprint density at radius 1 is 1.00 bits per heavy atom. The third-order valence-electron chi connectivity index (χ3n) is 4.41. The standard InChI is InChI=1S/C21H21F5N4OS/c1-30(13-14-31)15-28-17-6-4-16(5-7-17)20-3-2-12-27-21(20)29-18-8-10-19(11-9-18)32(22,23,24,25)26/h2-12,15,31H,13-14H2,1H3,(H,27,29). The van der Waals surface area contributed by atoms with Crippen molar-refractivity contribution in [3.05, 3.63) is 66.9 Å². The second-order valence-electron chi connectivity index (χ2n) is 7.01. The zero-order valence-corrected chi connectivity index (χ0v) is 17.7. The van der Waals surface area contributed by atoms with Gasteiger partial charge in [0.2, 0.25) is 0 Å². The van der Waals surface area contributed by atoms with Crippen LogP contribution in [0.3, 0.4) is 0 Å². The Balaban J connectivity index is 1.81. The molecule has 3 rings (SSSR count). The summed E-state index contributed by atoms with van der Waals surface area (Å²) in [5.74, 6) is 0.353. The first kappa shape index (κ1) is 23.5. The van der Waals surface area contributed by atoms with Crippen LogP contribution >= 0.6 is 10.2 Å². The minimum absolute atomic E-state index is 0.0148. The third-order valence-corrected chi connectivity index (χ3v) is 5.57. The average Bonchev–Trinajstić information content (AvgIpc) is 2.72. The van der Waals surface area contributed by atoms with Crippen LogP contribution in [0.2, 0.25) is 0 Å². The Labute approximate surface area is 182 Å². The van der Waals surface area contributed by atoms with E-state index in [0.29, 0.717) is 35.7 Å². The number of aromatic nitrogens is 1. The summed E-state index contributed by atoms with van der Waals surface area (Å²) in [6, 6.07) is 13.2. The van der Waals surface area contributed by atoms with Crippen molar-refractivity contribution in [2.75, 3.05) is 25.5 Å². The van der Waals surface area contributed by atoms with Gasteiger partial charge in [-0.1, -0.05) is 31.6 Å². The fourth-order valence-electron chi connectivity index (χ4n) is 2.78. The van der Waals surface area contributed by atoms with Crippen molar-refractivity contribution in [1.82, 2.24) is 9.88 Å². The molecule has 0 amide bonds. The fourth-order valence-corrected chi connectivity index (χ4v) is 3.43. The van der Waals surface area contributed by atoms with E-state index < -0.39 is 15.1 Å². The van der Waals surface area contributed by atoms with Crippen LogP contribution in [0, 0.1) is 0 Å². The molecule has 172 valence electrons.